The van der Waals surface area contributed by atoms with Crippen LogP contribution in [0, 0.1) is 6.92 Å². The van der Waals surface area contributed by atoms with E-state index in [4.69, 9.17) is 9.47 Å². The number of benzene rings is 2. The molecule has 3 aromatic rings. The van der Waals surface area contributed by atoms with Crippen molar-refractivity contribution in [2.45, 2.75) is 33.6 Å². The lowest BCUT2D eigenvalue weighted by Crippen LogP contribution is -2.15. The molecule has 0 aliphatic rings. The second-order valence-corrected chi connectivity index (χ2v) is 7.94. The van der Waals surface area contributed by atoms with Crippen LogP contribution >= 0.6 is 11.3 Å². The van der Waals surface area contributed by atoms with E-state index in [1.165, 1.54) is 11.3 Å². The molecule has 1 aromatic heterocycles. The molecule has 5 nitrogen and oxygen atoms in total. The number of nitrogens with one attached hydrogen (secondary N) is 1. The van der Waals surface area contributed by atoms with E-state index in [0.717, 1.165) is 28.0 Å². The van der Waals surface area contributed by atoms with E-state index in [2.05, 4.69) is 5.32 Å². The number of hydrogen-bond acceptors (Lipinski definition) is 5. The van der Waals surface area contributed by atoms with Gasteiger partial charge in [0, 0.05) is 17.4 Å². The van der Waals surface area contributed by atoms with Crippen molar-refractivity contribution >= 4 is 28.2 Å². The molecule has 0 saturated heterocycles. The van der Waals surface area contributed by atoms with Gasteiger partial charge in [-0.05, 0) is 50.5 Å². The molecule has 0 saturated carbocycles. The molecule has 2 aromatic carbocycles. The molecule has 6 heteroatoms. The van der Waals surface area contributed by atoms with Crippen molar-refractivity contribution in [1.82, 2.24) is 0 Å². The molecule has 0 aliphatic carbocycles. The highest BCUT2D eigenvalue weighted by molar-refractivity contribution is 7.15. The fourth-order valence-corrected chi connectivity index (χ4v) is 4.14. The Labute approximate surface area is 187 Å². The highest BCUT2D eigenvalue weighted by Crippen LogP contribution is 2.36. The number of carbonyl (C=O) groups is 2. The highest BCUT2D eigenvalue weighted by Gasteiger charge is 2.22. The van der Waals surface area contributed by atoms with Crippen LogP contribution in [0.1, 0.15) is 41.8 Å². The van der Waals surface area contributed by atoms with Crippen LogP contribution in [-0.4, -0.2) is 25.1 Å². The summed E-state index contributed by atoms with van der Waals surface area (Å²) in [5.41, 5.74) is 4.28. The minimum Gasteiger partial charge on any atom is -0.494 e. The van der Waals surface area contributed by atoms with Crippen molar-refractivity contribution in [3.8, 4) is 16.9 Å². The monoisotopic (exact) mass is 437 g/mol. The molecule has 1 heterocycles. The van der Waals surface area contributed by atoms with Crippen molar-refractivity contribution in [2.75, 3.05) is 18.5 Å². The minimum atomic E-state index is -0.430. The number of ether oxygens (including phenoxy) is 2. The number of amides is 1. The Morgan fingerprint density at radius 2 is 1.68 bits per heavy atom. The largest absolute Gasteiger partial charge is 0.494 e. The van der Waals surface area contributed by atoms with Crippen LogP contribution in [0.25, 0.3) is 11.1 Å². The van der Waals surface area contributed by atoms with E-state index in [-0.39, 0.29) is 12.5 Å². The van der Waals surface area contributed by atoms with E-state index in [1.807, 2.05) is 67.8 Å². The van der Waals surface area contributed by atoms with Gasteiger partial charge in [-0.15, -0.1) is 11.3 Å². The molecule has 0 bridgehead atoms. The molecular formula is C25H27NO4S. The lowest BCUT2D eigenvalue weighted by Gasteiger charge is -2.09. The molecule has 0 atom stereocenters. The molecule has 162 valence electrons. The predicted octanol–water partition coefficient (Wildman–Crippen LogP) is 5.87. The van der Waals surface area contributed by atoms with Crippen LogP contribution in [0.3, 0.4) is 0 Å². The van der Waals surface area contributed by atoms with Gasteiger partial charge in [-0.25, -0.2) is 4.79 Å². The van der Waals surface area contributed by atoms with Gasteiger partial charge in [-0.3, -0.25) is 4.79 Å². The summed E-state index contributed by atoms with van der Waals surface area (Å²) in [6, 6.07) is 15.7. The summed E-state index contributed by atoms with van der Waals surface area (Å²) in [6.07, 6.45) is 0.914. The van der Waals surface area contributed by atoms with Crippen LogP contribution in [0.5, 0.6) is 5.75 Å². The molecule has 0 spiro atoms. The highest BCUT2D eigenvalue weighted by atomic mass is 32.1. The Hall–Kier alpha value is -3.12. The second-order valence-electron chi connectivity index (χ2n) is 7.07. The van der Waals surface area contributed by atoms with Gasteiger partial charge in [-0.2, -0.15) is 0 Å². The fourth-order valence-electron chi connectivity index (χ4n) is 3.17. The zero-order valence-corrected chi connectivity index (χ0v) is 18.9. The fraction of sp³-hybridized carbons (Fsp3) is 0.280. The summed E-state index contributed by atoms with van der Waals surface area (Å²) in [4.78, 5) is 25.3. The molecule has 1 amide bonds. The van der Waals surface area contributed by atoms with Gasteiger partial charge in [0.05, 0.1) is 13.2 Å². The van der Waals surface area contributed by atoms with Crippen molar-refractivity contribution < 1.29 is 19.1 Å². The van der Waals surface area contributed by atoms with Gasteiger partial charge >= 0.3 is 5.97 Å². The third-order valence-electron chi connectivity index (χ3n) is 4.76. The summed E-state index contributed by atoms with van der Waals surface area (Å²) in [5.74, 6) is 0.245. The van der Waals surface area contributed by atoms with Gasteiger partial charge < -0.3 is 14.8 Å². The van der Waals surface area contributed by atoms with Gasteiger partial charge in [0.15, 0.2) is 0 Å². The third kappa shape index (κ3) is 5.95. The maximum Gasteiger partial charge on any atom is 0.341 e. The Morgan fingerprint density at radius 1 is 0.968 bits per heavy atom. The predicted molar refractivity (Wildman–Crippen MR) is 125 cm³/mol. The first-order valence-electron chi connectivity index (χ1n) is 10.4. The quantitative estimate of drug-likeness (QED) is 0.425. The molecule has 3 rings (SSSR count). The number of carbonyl (C=O) groups excluding carboxylic acids is 2. The van der Waals surface area contributed by atoms with E-state index in [0.29, 0.717) is 30.0 Å². The first-order valence-corrected chi connectivity index (χ1v) is 11.3. The summed E-state index contributed by atoms with van der Waals surface area (Å²) in [6.45, 7) is 6.62. The number of rotatable bonds is 9. The molecule has 0 fully saturated rings. The first-order chi connectivity index (χ1) is 15.0. The number of anilines is 1. The van der Waals surface area contributed by atoms with Gasteiger partial charge in [0.1, 0.15) is 16.3 Å². The SMILES string of the molecule is CCOC(=O)c1c(-c2ccc(C)cc2)csc1NC(=O)CCc1ccc(OCC)cc1. The van der Waals surface area contributed by atoms with Crippen LogP contribution < -0.4 is 10.1 Å². The Bertz CT molecular complexity index is 1020. The molecule has 0 aliphatic heterocycles. The van der Waals surface area contributed by atoms with Crippen molar-refractivity contribution in [3.05, 3.63) is 70.6 Å². The number of thiophene rings is 1. The van der Waals surface area contributed by atoms with E-state index in [9.17, 15) is 9.59 Å². The third-order valence-corrected chi connectivity index (χ3v) is 5.66. The lowest BCUT2D eigenvalue weighted by atomic mass is 10.0. The van der Waals surface area contributed by atoms with Crippen molar-refractivity contribution in [3.63, 3.8) is 0 Å². The normalized spacial score (nSPS) is 10.5. The first kappa shape index (κ1) is 22.6. The molecule has 1 N–H and O–H groups in total. The van der Waals surface area contributed by atoms with E-state index in [1.54, 1.807) is 6.92 Å². The molecular weight excluding hydrogens is 410 g/mol. The Balaban J connectivity index is 1.73. The number of hydrogen-bond donors (Lipinski definition) is 1. The minimum absolute atomic E-state index is 0.142. The summed E-state index contributed by atoms with van der Waals surface area (Å²) < 4.78 is 10.7. The average molecular weight is 438 g/mol. The van der Waals surface area contributed by atoms with Crippen molar-refractivity contribution in [2.24, 2.45) is 0 Å². The zero-order chi connectivity index (χ0) is 22.2. The maximum absolute atomic E-state index is 12.7. The zero-order valence-electron chi connectivity index (χ0n) is 18.1. The molecule has 31 heavy (non-hydrogen) atoms. The molecule has 0 unspecified atom stereocenters. The smallest absolute Gasteiger partial charge is 0.341 e. The van der Waals surface area contributed by atoms with E-state index >= 15 is 0 Å². The number of esters is 1. The Morgan fingerprint density at radius 3 is 2.32 bits per heavy atom. The summed E-state index contributed by atoms with van der Waals surface area (Å²) >= 11 is 1.34. The number of aryl methyl sites for hydroxylation is 2. The summed E-state index contributed by atoms with van der Waals surface area (Å²) in [5, 5.41) is 5.31. The van der Waals surface area contributed by atoms with Crippen LogP contribution in [-0.2, 0) is 16.0 Å². The van der Waals surface area contributed by atoms with Crippen LogP contribution in [0.4, 0.5) is 5.00 Å². The summed E-state index contributed by atoms with van der Waals surface area (Å²) in [7, 11) is 0. The van der Waals surface area contributed by atoms with Gasteiger partial charge in [0.25, 0.3) is 0 Å². The second kappa shape index (κ2) is 10.8. The van der Waals surface area contributed by atoms with Gasteiger partial charge in [0.2, 0.25) is 5.91 Å². The maximum atomic E-state index is 12.7. The van der Waals surface area contributed by atoms with Gasteiger partial charge in [-0.1, -0.05) is 42.0 Å². The Kier molecular flexibility index (Phi) is 7.84. The van der Waals surface area contributed by atoms with Crippen molar-refractivity contribution in [1.29, 1.82) is 0 Å². The molecule has 0 radical (unpaired) electrons. The topological polar surface area (TPSA) is 64.6 Å². The lowest BCUT2D eigenvalue weighted by molar-refractivity contribution is -0.116. The van der Waals surface area contributed by atoms with E-state index < -0.39 is 5.97 Å². The van der Waals surface area contributed by atoms with Crippen LogP contribution in [0.15, 0.2) is 53.9 Å². The standard InChI is InChI=1S/C25H27NO4S/c1-4-29-20-13-8-18(9-14-20)10-15-22(27)26-24-23(25(28)30-5-2)21(16-31-24)19-11-6-17(3)7-12-19/h6-9,11-14,16H,4-5,10,15H2,1-3H3,(H,26,27). The van der Waals surface area contributed by atoms with Crippen LogP contribution in [0.2, 0.25) is 0 Å². The average Bonchev–Trinajstić information content (AvgIpc) is 3.17.